The molecule has 0 radical (unpaired) electrons. The highest BCUT2D eigenvalue weighted by Crippen LogP contribution is 2.45. The molecule has 0 atom stereocenters. The summed E-state index contributed by atoms with van der Waals surface area (Å²) in [4.78, 5) is -1.20. The van der Waals surface area contributed by atoms with Crippen LogP contribution in [0.3, 0.4) is 0 Å². The number of rotatable bonds is 4. The molecule has 0 bridgehead atoms. The van der Waals surface area contributed by atoms with Crippen LogP contribution in [-0.4, -0.2) is 18.5 Å². The first-order chi connectivity index (χ1) is 10.1. The lowest BCUT2D eigenvalue weighted by molar-refractivity contribution is -0.135. The molecule has 10 heteroatoms. The van der Waals surface area contributed by atoms with Gasteiger partial charge in [0.05, 0.1) is 5.75 Å². The van der Waals surface area contributed by atoms with Crippen LogP contribution in [0.4, 0.5) is 13.2 Å². The number of hydrogen-bond acceptors (Lipinski definition) is 5. The first-order valence-electron chi connectivity index (χ1n) is 5.89. The smallest absolute Gasteiger partial charge is 0.378 e. The van der Waals surface area contributed by atoms with Crippen molar-refractivity contribution in [3.63, 3.8) is 0 Å². The zero-order valence-electron chi connectivity index (χ0n) is 11.0. The third kappa shape index (κ3) is 3.71. The fraction of sp³-hybridized carbons (Fsp3) is 0.250. The standard InChI is InChI=1S/C12H9ClF3NO3S2/c1-2-22(18,19)20-10-9(7-3-5-8(13)6-4-7)17-21-11(10)12(14,15)16/h3-6H,2H2,1H3. The summed E-state index contributed by atoms with van der Waals surface area (Å²) in [5.41, 5.74) is 0.0865. The van der Waals surface area contributed by atoms with E-state index < -0.39 is 32.7 Å². The third-order valence-electron chi connectivity index (χ3n) is 2.59. The van der Waals surface area contributed by atoms with Crippen LogP contribution in [0, 0.1) is 0 Å². The van der Waals surface area contributed by atoms with Crippen molar-refractivity contribution in [1.29, 1.82) is 0 Å². The van der Waals surface area contributed by atoms with E-state index in [0.717, 1.165) is 0 Å². The first-order valence-corrected chi connectivity index (χ1v) is 8.62. The molecule has 0 amide bonds. The predicted molar refractivity (Wildman–Crippen MR) is 77.7 cm³/mol. The molecule has 0 N–H and O–H groups in total. The van der Waals surface area contributed by atoms with Crippen molar-refractivity contribution >= 4 is 33.3 Å². The fourth-order valence-electron chi connectivity index (χ4n) is 1.52. The Bertz CT molecular complexity index is 770. The summed E-state index contributed by atoms with van der Waals surface area (Å²) in [6, 6.07) is 5.79. The van der Waals surface area contributed by atoms with E-state index in [9.17, 15) is 21.6 Å². The summed E-state index contributed by atoms with van der Waals surface area (Å²) >= 11 is 5.86. The second-order valence-electron chi connectivity index (χ2n) is 4.12. The van der Waals surface area contributed by atoms with E-state index in [1.54, 1.807) is 0 Å². The van der Waals surface area contributed by atoms with Crippen molar-refractivity contribution in [3.05, 3.63) is 34.2 Å². The maximum Gasteiger partial charge on any atom is 0.430 e. The summed E-state index contributed by atoms with van der Waals surface area (Å²) in [6.07, 6.45) is -4.76. The molecule has 1 aromatic carbocycles. The van der Waals surface area contributed by atoms with Gasteiger partial charge in [0.25, 0.3) is 0 Å². The summed E-state index contributed by atoms with van der Waals surface area (Å²) < 4.78 is 70.4. The molecule has 22 heavy (non-hydrogen) atoms. The molecule has 120 valence electrons. The van der Waals surface area contributed by atoms with E-state index >= 15 is 0 Å². The van der Waals surface area contributed by atoms with Gasteiger partial charge in [-0.25, -0.2) is 0 Å². The molecule has 0 unspecified atom stereocenters. The summed E-state index contributed by atoms with van der Waals surface area (Å²) in [5.74, 6) is -1.26. The van der Waals surface area contributed by atoms with E-state index in [2.05, 4.69) is 8.56 Å². The maximum absolute atomic E-state index is 13.0. The minimum absolute atomic E-state index is 0.136. The molecule has 0 aliphatic heterocycles. The Balaban J connectivity index is 2.60. The Labute approximate surface area is 133 Å². The van der Waals surface area contributed by atoms with Crippen molar-refractivity contribution in [1.82, 2.24) is 4.37 Å². The summed E-state index contributed by atoms with van der Waals surface area (Å²) in [5, 5.41) is 0.388. The van der Waals surface area contributed by atoms with Gasteiger partial charge < -0.3 is 4.18 Å². The molecule has 0 spiro atoms. The van der Waals surface area contributed by atoms with Gasteiger partial charge in [0, 0.05) is 10.6 Å². The molecule has 0 aliphatic carbocycles. The monoisotopic (exact) mass is 371 g/mol. The van der Waals surface area contributed by atoms with E-state index in [4.69, 9.17) is 11.6 Å². The molecule has 0 aliphatic rings. The van der Waals surface area contributed by atoms with Gasteiger partial charge in [0.15, 0.2) is 10.6 Å². The second kappa shape index (κ2) is 6.05. The second-order valence-corrected chi connectivity index (χ2v) is 7.19. The summed E-state index contributed by atoms with van der Waals surface area (Å²) in [6.45, 7) is 1.27. The number of hydrogen-bond donors (Lipinski definition) is 0. The number of aromatic nitrogens is 1. The maximum atomic E-state index is 13.0. The van der Waals surface area contributed by atoms with Crippen LogP contribution in [0.1, 0.15) is 11.8 Å². The normalized spacial score (nSPS) is 12.4. The topological polar surface area (TPSA) is 56.3 Å². The van der Waals surface area contributed by atoms with Crippen molar-refractivity contribution in [3.8, 4) is 17.0 Å². The Hall–Kier alpha value is -1.32. The van der Waals surface area contributed by atoms with Crippen LogP contribution in [0.2, 0.25) is 5.02 Å². The van der Waals surface area contributed by atoms with E-state index in [-0.39, 0.29) is 22.8 Å². The van der Waals surface area contributed by atoms with Gasteiger partial charge in [-0.05, 0) is 30.6 Å². The Kier molecular flexibility index (Phi) is 4.69. The van der Waals surface area contributed by atoms with Crippen molar-refractivity contribution in [2.75, 3.05) is 5.75 Å². The molecule has 0 saturated carbocycles. The number of halogens is 4. The van der Waals surface area contributed by atoms with Crippen LogP contribution in [0.25, 0.3) is 11.3 Å². The number of nitrogens with zero attached hydrogens (tertiary/aromatic N) is 1. The van der Waals surface area contributed by atoms with E-state index in [1.165, 1.54) is 31.2 Å². The van der Waals surface area contributed by atoms with Crippen LogP contribution >= 0.6 is 23.1 Å². The lowest BCUT2D eigenvalue weighted by atomic mass is 10.1. The molecule has 4 nitrogen and oxygen atoms in total. The van der Waals surface area contributed by atoms with Crippen molar-refractivity contribution < 1.29 is 25.8 Å². The lowest BCUT2D eigenvalue weighted by Crippen LogP contribution is -2.14. The Morgan fingerprint density at radius 1 is 1.27 bits per heavy atom. The highest BCUT2D eigenvalue weighted by atomic mass is 35.5. The lowest BCUT2D eigenvalue weighted by Gasteiger charge is -2.10. The van der Waals surface area contributed by atoms with E-state index in [1.807, 2.05) is 0 Å². The third-order valence-corrected chi connectivity index (χ3v) is 4.84. The van der Waals surface area contributed by atoms with Gasteiger partial charge >= 0.3 is 16.3 Å². The highest BCUT2D eigenvalue weighted by molar-refractivity contribution is 7.87. The minimum Gasteiger partial charge on any atom is -0.378 e. The SMILES string of the molecule is CCS(=O)(=O)Oc1c(-c2ccc(Cl)cc2)nsc1C(F)(F)F. The number of benzene rings is 1. The number of alkyl halides is 3. The van der Waals surface area contributed by atoms with Gasteiger partial charge in [-0.3, -0.25) is 0 Å². The van der Waals surface area contributed by atoms with Crippen molar-refractivity contribution in [2.24, 2.45) is 0 Å². The average molecular weight is 372 g/mol. The predicted octanol–water partition coefficient (Wildman–Crippen LogP) is 4.21. The van der Waals surface area contributed by atoms with Crippen LogP contribution < -0.4 is 4.18 Å². The molecular weight excluding hydrogens is 363 g/mol. The highest BCUT2D eigenvalue weighted by Gasteiger charge is 2.40. The molecule has 1 heterocycles. The van der Waals surface area contributed by atoms with E-state index in [0.29, 0.717) is 5.02 Å². The quantitative estimate of drug-likeness (QED) is 0.755. The minimum atomic E-state index is -4.76. The molecule has 2 rings (SSSR count). The molecule has 2 aromatic rings. The van der Waals surface area contributed by atoms with Gasteiger partial charge in [0.1, 0.15) is 5.69 Å². The van der Waals surface area contributed by atoms with Gasteiger partial charge in [-0.2, -0.15) is 26.0 Å². The zero-order chi connectivity index (χ0) is 16.5. The van der Waals surface area contributed by atoms with Gasteiger partial charge in [0.2, 0.25) is 0 Å². The Morgan fingerprint density at radius 3 is 2.36 bits per heavy atom. The molecule has 1 aromatic heterocycles. The Morgan fingerprint density at radius 2 is 1.86 bits per heavy atom. The van der Waals surface area contributed by atoms with Gasteiger partial charge in [-0.15, -0.1) is 0 Å². The molecule has 0 fully saturated rings. The molecule has 0 saturated heterocycles. The van der Waals surface area contributed by atoms with Crippen LogP contribution in [0.15, 0.2) is 24.3 Å². The van der Waals surface area contributed by atoms with Gasteiger partial charge in [-0.1, -0.05) is 23.7 Å². The summed E-state index contributed by atoms with van der Waals surface area (Å²) in [7, 11) is -4.12. The van der Waals surface area contributed by atoms with Crippen molar-refractivity contribution in [2.45, 2.75) is 13.1 Å². The first kappa shape index (κ1) is 17.0. The van der Waals surface area contributed by atoms with Crippen LogP contribution in [-0.2, 0) is 16.3 Å². The zero-order valence-corrected chi connectivity index (χ0v) is 13.4. The largest absolute Gasteiger partial charge is 0.430 e. The molecular formula is C12H9ClF3NO3S2. The average Bonchev–Trinajstić information content (AvgIpc) is 2.82. The van der Waals surface area contributed by atoms with Crippen LogP contribution in [0.5, 0.6) is 5.75 Å². The fourth-order valence-corrected chi connectivity index (χ4v) is 2.93.